The van der Waals surface area contributed by atoms with Crippen molar-refractivity contribution in [3.05, 3.63) is 0 Å². The van der Waals surface area contributed by atoms with Crippen LogP contribution < -0.4 is 0 Å². The molecule has 1 N–H and O–H groups in total. The lowest BCUT2D eigenvalue weighted by Crippen LogP contribution is -2.42. The van der Waals surface area contributed by atoms with Crippen molar-refractivity contribution in [2.45, 2.75) is 57.4 Å². The van der Waals surface area contributed by atoms with Crippen LogP contribution in [-0.2, 0) is 9.59 Å². The Morgan fingerprint density at radius 1 is 1.05 bits per heavy atom. The number of rotatable bonds is 9. The average molecular weight is 284 g/mol. The summed E-state index contributed by atoms with van der Waals surface area (Å²) in [5, 5.41) is 8.60. The molecule has 5 heteroatoms. The highest BCUT2D eigenvalue weighted by Crippen LogP contribution is 2.24. The summed E-state index contributed by atoms with van der Waals surface area (Å²) in [4.78, 5) is 26.9. The van der Waals surface area contributed by atoms with Crippen molar-refractivity contribution in [1.82, 2.24) is 9.80 Å². The summed E-state index contributed by atoms with van der Waals surface area (Å²) in [7, 11) is 4.04. The third-order valence-corrected chi connectivity index (χ3v) is 3.91. The molecule has 0 spiro atoms. The predicted octanol–water partition coefficient (Wildman–Crippen LogP) is 1.96. The molecule has 0 aromatic rings. The molecular weight excluding hydrogens is 256 g/mol. The van der Waals surface area contributed by atoms with Crippen LogP contribution in [0.25, 0.3) is 0 Å². The Morgan fingerprint density at radius 3 is 2.20 bits per heavy atom. The number of carboxylic acids is 1. The molecule has 0 unspecified atom stereocenters. The SMILES string of the molecule is CN(C)CCN(C(=O)CCCCC(=O)O)C1CCCC1. The van der Waals surface area contributed by atoms with Gasteiger partial charge in [0.15, 0.2) is 0 Å². The lowest BCUT2D eigenvalue weighted by molar-refractivity contribution is -0.138. The van der Waals surface area contributed by atoms with Gasteiger partial charge in [0.05, 0.1) is 0 Å². The number of unbranched alkanes of at least 4 members (excludes halogenated alkanes) is 1. The standard InChI is InChI=1S/C15H28N2O3/c1-16(2)11-12-17(13-7-3-4-8-13)14(18)9-5-6-10-15(19)20/h13H,3-12H2,1-2H3,(H,19,20). The van der Waals surface area contributed by atoms with Gasteiger partial charge in [-0.25, -0.2) is 0 Å². The van der Waals surface area contributed by atoms with Gasteiger partial charge in [-0.05, 0) is 39.8 Å². The summed E-state index contributed by atoms with van der Waals surface area (Å²) in [6.07, 6.45) is 6.59. The monoisotopic (exact) mass is 284 g/mol. The summed E-state index contributed by atoms with van der Waals surface area (Å²) >= 11 is 0. The highest BCUT2D eigenvalue weighted by atomic mass is 16.4. The largest absolute Gasteiger partial charge is 0.481 e. The van der Waals surface area contributed by atoms with Crippen molar-refractivity contribution in [2.75, 3.05) is 27.2 Å². The Hall–Kier alpha value is -1.10. The Kier molecular flexibility index (Phi) is 7.59. The first-order valence-electron chi connectivity index (χ1n) is 7.66. The number of nitrogens with zero attached hydrogens (tertiary/aromatic N) is 2. The normalized spacial score (nSPS) is 15.8. The van der Waals surface area contributed by atoms with Gasteiger partial charge in [-0.15, -0.1) is 0 Å². The molecule has 1 amide bonds. The van der Waals surface area contributed by atoms with E-state index in [0.29, 0.717) is 25.3 Å². The van der Waals surface area contributed by atoms with Crippen LogP contribution in [0.1, 0.15) is 51.4 Å². The van der Waals surface area contributed by atoms with Gasteiger partial charge in [0.25, 0.3) is 0 Å². The molecule has 1 aliphatic carbocycles. The second-order valence-electron chi connectivity index (χ2n) is 5.93. The summed E-state index contributed by atoms with van der Waals surface area (Å²) in [6.45, 7) is 1.67. The lowest BCUT2D eigenvalue weighted by atomic mass is 10.1. The number of hydrogen-bond acceptors (Lipinski definition) is 3. The van der Waals surface area contributed by atoms with Gasteiger partial charge in [-0.1, -0.05) is 12.8 Å². The Balaban J connectivity index is 2.40. The molecule has 5 nitrogen and oxygen atoms in total. The molecular formula is C15H28N2O3. The Labute approximate surface area is 121 Å². The van der Waals surface area contributed by atoms with E-state index in [1.54, 1.807) is 0 Å². The first-order chi connectivity index (χ1) is 9.50. The van der Waals surface area contributed by atoms with Crippen LogP contribution in [0, 0.1) is 0 Å². The molecule has 0 bridgehead atoms. The van der Waals surface area contributed by atoms with Gasteiger partial charge in [0.2, 0.25) is 5.91 Å². The van der Waals surface area contributed by atoms with E-state index in [-0.39, 0.29) is 12.3 Å². The molecule has 1 aliphatic rings. The quantitative estimate of drug-likeness (QED) is 0.658. The molecule has 0 saturated heterocycles. The second-order valence-corrected chi connectivity index (χ2v) is 5.93. The van der Waals surface area contributed by atoms with Crippen molar-refractivity contribution >= 4 is 11.9 Å². The number of aliphatic carboxylic acids is 1. The van der Waals surface area contributed by atoms with Gasteiger partial charge in [-0.3, -0.25) is 9.59 Å². The number of carbonyl (C=O) groups excluding carboxylic acids is 1. The molecule has 20 heavy (non-hydrogen) atoms. The molecule has 1 fully saturated rings. The van der Waals surface area contributed by atoms with Crippen LogP contribution in [0.2, 0.25) is 0 Å². The molecule has 0 aliphatic heterocycles. The van der Waals surface area contributed by atoms with Gasteiger partial charge in [-0.2, -0.15) is 0 Å². The minimum atomic E-state index is -0.780. The molecule has 1 saturated carbocycles. The third kappa shape index (κ3) is 6.37. The lowest BCUT2D eigenvalue weighted by Gasteiger charge is -2.30. The van der Waals surface area contributed by atoms with E-state index in [4.69, 9.17) is 5.11 Å². The minimum Gasteiger partial charge on any atom is -0.481 e. The van der Waals surface area contributed by atoms with Gasteiger partial charge >= 0.3 is 5.97 Å². The highest BCUT2D eigenvalue weighted by molar-refractivity contribution is 5.76. The third-order valence-electron chi connectivity index (χ3n) is 3.91. The van der Waals surface area contributed by atoms with Crippen molar-refractivity contribution in [3.63, 3.8) is 0 Å². The fraction of sp³-hybridized carbons (Fsp3) is 0.867. The van der Waals surface area contributed by atoms with E-state index in [2.05, 4.69) is 4.90 Å². The van der Waals surface area contributed by atoms with Crippen molar-refractivity contribution in [3.8, 4) is 0 Å². The van der Waals surface area contributed by atoms with E-state index in [1.165, 1.54) is 12.8 Å². The van der Waals surface area contributed by atoms with Crippen LogP contribution >= 0.6 is 0 Å². The second kappa shape index (κ2) is 8.95. The molecule has 0 atom stereocenters. The summed E-state index contributed by atoms with van der Waals surface area (Å²) in [6, 6.07) is 0.405. The smallest absolute Gasteiger partial charge is 0.303 e. The first-order valence-corrected chi connectivity index (χ1v) is 7.66. The van der Waals surface area contributed by atoms with Crippen LogP contribution in [-0.4, -0.2) is 60.0 Å². The molecule has 1 rings (SSSR count). The molecule has 116 valence electrons. The fourth-order valence-corrected chi connectivity index (χ4v) is 2.73. The minimum absolute atomic E-state index is 0.161. The van der Waals surface area contributed by atoms with Crippen molar-refractivity contribution < 1.29 is 14.7 Å². The van der Waals surface area contributed by atoms with E-state index in [0.717, 1.165) is 25.9 Å². The zero-order valence-electron chi connectivity index (χ0n) is 12.8. The van der Waals surface area contributed by atoms with Crippen molar-refractivity contribution in [1.29, 1.82) is 0 Å². The zero-order chi connectivity index (χ0) is 15.0. The van der Waals surface area contributed by atoms with E-state index in [9.17, 15) is 9.59 Å². The summed E-state index contributed by atoms with van der Waals surface area (Å²) in [5.74, 6) is -0.582. The Morgan fingerprint density at radius 2 is 1.65 bits per heavy atom. The van der Waals surface area contributed by atoms with Gasteiger partial charge in [0.1, 0.15) is 0 Å². The van der Waals surface area contributed by atoms with E-state index in [1.807, 2.05) is 19.0 Å². The predicted molar refractivity (Wildman–Crippen MR) is 78.6 cm³/mol. The number of amides is 1. The summed E-state index contributed by atoms with van der Waals surface area (Å²) in [5.41, 5.74) is 0. The van der Waals surface area contributed by atoms with Crippen LogP contribution in [0.5, 0.6) is 0 Å². The average Bonchev–Trinajstić information content (AvgIpc) is 2.88. The molecule has 0 radical (unpaired) electrons. The fourth-order valence-electron chi connectivity index (χ4n) is 2.73. The number of likely N-dealkylation sites (N-methyl/N-ethyl adjacent to an activating group) is 1. The Bertz CT molecular complexity index is 312. The van der Waals surface area contributed by atoms with Gasteiger partial charge in [0, 0.05) is 32.0 Å². The number of carboxylic acid groups (broad SMARTS) is 1. The topological polar surface area (TPSA) is 60.9 Å². The van der Waals surface area contributed by atoms with Gasteiger partial charge < -0.3 is 14.9 Å². The maximum absolute atomic E-state index is 12.3. The summed E-state index contributed by atoms with van der Waals surface area (Å²) < 4.78 is 0. The van der Waals surface area contributed by atoms with Crippen LogP contribution in [0.15, 0.2) is 0 Å². The maximum atomic E-state index is 12.3. The van der Waals surface area contributed by atoms with E-state index < -0.39 is 5.97 Å². The first kappa shape index (κ1) is 17.0. The van der Waals surface area contributed by atoms with E-state index >= 15 is 0 Å². The van der Waals surface area contributed by atoms with Crippen LogP contribution in [0.4, 0.5) is 0 Å². The van der Waals surface area contributed by atoms with Crippen LogP contribution in [0.3, 0.4) is 0 Å². The highest BCUT2D eigenvalue weighted by Gasteiger charge is 2.25. The molecule has 0 aromatic carbocycles. The van der Waals surface area contributed by atoms with Crippen molar-refractivity contribution in [2.24, 2.45) is 0 Å². The molecule has 0 heterocycles. The molecule has 0 aromatic heterocycles. The zero-order valence-corrected chi connectivity index (χ0v) is 12.8. The number of hydrogen-bond donors (Lipinski definition) is 1. The number of carbonyl (C=O) groups is 2. The maximum Gasteiger partial charge on any atom is 0.303 e.